The lowest BCUT2D eigenvalue weighted by Crippen LogP contribution is -1.86. The van der Waals surface area contributed by atoms with Crippen LogP contribution in [0.25, 0.3) is 11.3 Å². The van der Waals surface area contributed by atoms with Crippen molar-refractivity contribution in [3.8, 4) is 17.0 Å². The molecule has 3 heteroatoms. The van der Waals surface area contributed by atoms with Crippen LogP contribution >= 0.6 is 0 Å². The molecule has 0 bridgehead atoms. The molecule has 14 heavy (non-hydrogen) atoms. The molecule has 0 aliphatic carbocycles. The minimum Gasteiger partial charge on any atom is -0.506 e. The smallest absolute Gasteiger partial charge is 0.141 e. The summed E-state index contributed by atoms with van der Waals surface area (Å²) in [6, 6.07) is 10.5. The molecule has 0 aliphatic rings. The molecular weight excluding hydrogens is 176 g/mol. The van der Waals surface area contributed by atoms with Crippen LogP contribution in [0.1, 0.15) is 0 Å². The van der Waals surface area contributed by atoms with Gasteiger partial charge in [0.05, 0.1) is 0 Å². The number of nitrogen functional groups attached to an aromatic ring is 1. The standard InChI is InChI=1S/C11H10N2O/c12-9-5-3-8(4-6-9)11-10(14)2-1-7-13-11/h1-7,14H,12H2. The van der Waals surface area contributed by atoms with Crippen molar-refractivity contribution in [1.82, 2.24) is 4.98 Å². The minimum absolute atomic E-state index is 0.178. The lowest BCUT2D eigenvalue weighted by atomic mass is 10.1. The third kappa shape index (κ3) is 1.52. The first-order chi connectivity index (χ1) is 6.77. The van der Waals surface area contributed by atoms with Crippen molar-refractivity contribution in [2.45, 2.75) is 0 Å². The van der Waals surface area contributed by atoms with E-state index in [1.54, 1.807) is 30.5 Å². The number of anilines is 1. The molecule has 0 amide bonds. The summed E-state index contributed by atoms with van der Waals surface area (Å²) in [5, 5.41) is 9.54. The largest absolute Gasteiger partial charge is 0.506 e. The predicted molar refractivity (Wildman–Crippen MR) is 55.8 cm³/mol. The third-order valence-electron chi connectivity index (χ3n) is 1.97. The Morgan fingerprint density at radius 2 is 1.79 bits per heavy atom. The van der Waals surface area contributed by atoms with Gasteiger partial charge in [0.15, 0.2) is 0 Å². The molecule has 3 nitrogen and oxygen atoms in total. The van der Waals surface area contributed by atoms with Gasteiger partial charge in [-0.15, -0.1) is 0 Å². The first kappa shape index (κ1) is 8.56. The molecule has 3 N–H and O–H groups in total. The monoisotopic (exact) mass is 186 g/mol. The maximum atomic E-state index is 9.54. The van der Waals surface area contributed by atoms with Gasteiger partial charge in [0.25, 0.3) is 0 Å². The van der Waals surface area contributed by atoms with Crippen molar-refractivity contribution >= 4 is 5.69 Å². The Labute approximate surface area is 81.8 Å². The Kier molecular flexibility index (Phi) is 2.07. The Morgan fingerprint density at radius 1 is 1.07 bits per heavy atom. The quantitative estimate of drug-likeness (QED) is 0.670. The molecule has 2 aromatic rings. The maximum absolute atomic E-state index is 9.54. The molecule has 0 saturated heterocycles. The summed E-state index contributed by atoms with van der Waals surface area (Å²) in [7, 11) is 0. The number of aromatic nitrogens is 1. The van der Waals surface area contributed by atoms with Crippen LogP contribution in [0.15, 0.2) is 42.6 Å². The van der Waals surface area contributed by atoms with E-state index < -0.39 is 0 Å². The topological polar surface area (TPSA) is 59.1 Å². The second kappa shape index (κ2) is 3.38. The zero-order chi connectivity index (χ0) is 9.97. The van der Waals surface area contributed by atoms with E-state index in [-0.39, 0.29) is 5.75 Å². The number of nitrogens with zero attached hydrogens (tertiary/aromatic N) is 1. The molecule has 1 aromatic carbocycles. The molecule has 0 radical (unpaired) electrons. The van der Waals surface area contributed by atoms with Gasteiger partial charge >= 0.3 is 0 Å². The summed E-state index contributed by atoms with van der Waals surface area (Å²) < 4.78 is 0. The molecule has 0 spiro atoms. The molecule has 70 valence electrons. The molecule has 0 atom stereocenters. The predicted octanol–water partition coefficient (Wildman–Crippen LogP) is 2.04. The number of aromatic hydroxyl groups is 1. The maximum Gasteiger partial charge on any atom is 0.141 e. The van der Waals surface area contributed by atoms with E-state index in [4.69, 9.17) is 5.73 Å². The second-order valence-electron chi connectivity index (χ2n) is 2.99. The van der Waals surface area contributed by atoms with Gasteiger partial charge in [-0.1, -0.05) is 12.1 Å². The summed E-state index contributed by atoms with van der Waals surface area (Å²) in [6.07, 6.45) is 1.64. The second-order valence-corrected chi connectivity index (χ2v) is 2.99. The fourth-order valence-corrected chi connectivity index (χ4v) is 1.26. The number of rotatable bonds is 1. The van der Waals surface area contributed by atoms with Crippen LogP contribution in [0.3, 0.4) is 0 Å². The van der Waals surface area contributed by atoms with Crippen molar-refractivity contribution in [2.75, 3.05) is 5.73 Å². The highest BCUT2D eigenvalue weighted by Crippen LogP contribution is 2.26. The Bertz CT molecular complexity index is 437. The van der Waals surface area contributed by atoms with Gasteiger partial charge < -0.3 is 10.8 Å². The first-order valence-electron chi connectivity index (χ1n) is 4.27. The van der Waals surface area contributed by atoms with E-state index in [9.17, 15) is 5.11 Å². The van der Waals surface area contributed by atoms with Crippen LogP contribution in [0.5, 0.6) is 5.75 Å². The highest BCUT2D eigenvalue weighted by atomic mass is 16.3. The van der Waals surface area contributed by atoms with E-state index in [0.717, 1.165) is 5.56 Å². The van der Waals surface area contributed by atoms with Gasteiger partial charge in [0.1, 0.15) is 11.4 Å². The summed E-state index contributed by atoms with van der Waals surface area (Å²) in [5.41, 5.74) is 7.69. The van der Waals surface area contributed by atoms with Crippen LogP contribution in [0, 0.1) is 0 Å². The zero-order valence-corrected chi connectivity index (χ0v) is 7.51. The molecule has 0 aliphatic heterocycles. The minimum atomic E-state index is 0.178. The molecule has 0 fully saturated rings. The Hall–Kier alpha value is -2.03. The average molecular weight is 186 g/mol. The highest BCUT2D eigenvalue weighted by Gasteiger charge is 2.03. The lowest BCUT2D eigenvalue weighted by Gasteiger charge is -2.02. The molecule has 0 saturated carbocycles. The van der Waals surface area contributed by atoms with E-state index in [2.05, 4.69) is 4.98 Å². The van der Waals surface area contributed by atoms with E-state index >= 15 is 0 Å². The number of hydrogen-bond donors (Lipinski definition) is 2. The van der Waals surface area contributed by atoms with Crippen LogP contribution in [-0.4, -0.2) is 10.1 Å². The van der Waals surface area contributed by atoms with Gasteiger partial charge in [-0.25, -0.2) is 0 Å². The van der Waals surface area contributed by atoms with Crippen molar-refractivity contribution in [3.05, 3.63) is 42.6 Å². The average Bonchev–Trinajstić information content (AvgIpc) is 2.20. The van der Waals surface area contributed by atoms with Crippen molar-refractivity contribution in [2.24, 2.45) is 0 Å². The molecule has 1 aromatic heterocycles. The molecule has 0 unspecified atom stereocenters. The number of pyridine rings is 1. The van der Waals surface area contributed by atoms with Gasteiger partial charge in [-0.3, -0.25) is 4.98 Å². The summed E-state index contributed by atoms with van der Waals surface area (Å²) in [4.78, 5) is 4.09. The summed E-state index contributed by atoms with van der Waals surface area (Å²) in [5.74, 6) is 0.178. The number of hydrogen-bond acceptors (Lipinski definition) is 3. The van der Waals surface area contributed by atoms with Crippen LogP contribution < -0.4 is 5.73 Å². The third-order valence-corrected chi connectivity index (χ3v) is 1.97. The summed E-state index contributed by atoms with van der Waals surface area (Å²) >= 11 is 0. The number of benzene rings is 1. The van der Waals surface area contributed by atoms with E-state index in [0.29, 0.717) is 11.4 Å². The molecule has 2 rings (SSSR count). The molecule has 1 heterocycles. The SMILES string of the molecule is Nc1ccc(-c2ncccc2O)cc1. The zero-order valence-electron chi connectivity index (χ0n) is 7.51. The highest BCUT2D eigenvalue weighted by molar-refractivity contribution is 5.67. The van der Waals surface area contributed by atoms with Crippen LogP contribution in [0.4, 0.5) is 5.69 Å². The number of nitrogens with two attached hydrogens (primary N) is 1. The van der Waals surface area contributed by atoms with Crippen molar-refractivity contribution < 1.29 is 5.11 Å². The van der Waals surface area contributed by atoms with Gasteiger partial charge in [0, 0.05) is 17.4 Å². The fraction of sp³-hybridized carbons (Fsp3) is 0. The Balaban J connectivity index is 2.50. The van der Waals surface area contributed by atoms with E-state index in [1.165, 1.54) is 0 Å². The van der Waals surface area contributed by atoms with Crippen LogP contribution in [0.2, 0.25) is 0 Å². The summed E-state index contributed by atoms with van der Waals surface area (Å²) in [6.45, 7) is 0. The lowest BCUT2D eigenvalue weighted by molar-refractivity contribution is 0.475. The Morgan fingerprint density at radius 3 is 2.43 bits per heavy atom. The first-order valence-corrected chi connectivity index (χ1v) is 4.27. The van der Waals surface area contributed by atoms with Crippen molar-refractivity contribution in [3.63, 3.8) is 0 Å². The molecular formula is C11H10N2O. The fourth-order valence-electron chi connectivity index (χ4n) is 1.26. The van der Waals surface area contributed by atoms with Gasteiger partial charge in [0.2, 0.25) is 0 Å². The van der Waals surface area contributed by atoms with Crippen molar-refractivity contribution in [1.29, 1.82) is 0 Å². The van der Waals surface area contributed by atoms with Gasteiger partial charge in [-0.2, -0.15) is 0 Å². The van der Waals surface area contributed by atoms with Crippen LogP contribution in [-0.2, 0) is 0 Å². The normalized spacial score (nSPS) is 10.0. The van der Waals surface area contributed by atoms with Gasteiger partial charge in [-0.05, 0) is 24.3 Å². The van der Waals surface area contributed by atoms with E-state index in [1.807, 2.05) is 12.1 Å².